The summed E-state index contributed by atoms with van der Waals surface area (Å²) in [4.78, 5) is 12.9. The van der Waals surface area contributed by atoms with Crippen molar-refractivity contribution in [1.82, 2.24) is 5.16 Å². The number of nitrogens with zero attached hydrogens (tertiary/aromatic N) is 1. The molecule has 1 aliphatic heterocycles. The van der Waals surface area contributed by atoms with Crippen molar-refractivity contribution in [3.8, 4) is 22.8 Å². The van der Waals surface area contributed by atoms with Crippen molar-refractivity contribution in [1.29, 1.82) is 0 Å². The highest BCUT2D eigenvalue weighted by Crippen LogP contribution is 2.38. The Hall–Kier alpha value is -2.99. The van der Waals surface area contributed by atoms with Gasteiger partial charge in [0.1, 0.15) is 30.2 Å². The summed E-state index contributed by atoms with van der Waals surface area (Å²) in [6, 6.07) is 12.7. The lowest BCUT2D eigenvalue weighted by Gasteiger charge is -2.20. The average molecular weight is 371 g/mol. The van der Waals surface area contributed by atoms with Crippen LogP contribution in [0, 0.1) is 6.92 Å². The van der Waals surface area contributed by atoms with E-state index in [1.165, 1.54) is 0 Å². The van der Waals surface area contributed by atoms with Crippen LogP contribution in [0.1, 0.15) is 16.1 Å². The predicted molar refractivity (Wildman–Crippen MR) is 97.1 cm³/mol. The van der Waals surface area contributed by atoms with E-state index < -0.39 is 0 Å². The van der Waals surface area contributed by atoms with Crippen molar-refractivity contribution in [2.45, 2.75) is 6.92 Å². The third-order valence-corrected chi connectivity index (χ3v) is 4.33. The second kappa shape index (κ2) is 6.72. The number of benzene rings is 2. The number of fused-ring (bicyclic) bond motifs is 1. The fraction of sp³-hybridized carbons (Fsp3) is 0.158. The van der Waals surface area contributed by atoms with E-state index in [9.17, 15) is 4.79 Å². The summed E-state index contributed by atoms with van der Waals surface area (Å²) in [5.41, 5.74) is 2.07. The summed E-state index contributed by atoms with van der Waals surface area (Å²) in [6.45, 7) is 2.61. The highest BCUT2D eigenvalue weighted by atomic mass is 35.5. The van der Waals surface area contributed by atoms with Crippen molar-refractivity contribution >= 4 is 23.2 Å². The Morgan fingerprint density at radius 2 is 1.81 bits per heavy atom. The minimum Gasteiger partial charge on any atom is -0.486 e. The zero-order valence-electron chi connectivity index (χ0n) is 13.9. The van der Waals surface area contributed by atoms with E-state index >= 15 is 0 Å². The van der Waals surface area contributed by atoms with Gasteiger partial charge in [0.25, 0.3) is 5.91 Å². The molecule has 0 atom stereocenters. The molecule has 0 saturated heterocycles. The van der Waals surface area contributed by atoms with Gasteiger partial charge in [0.2, 0.25) is 0 Å². The first kappa shape index (κ1) is 16.5. The monoisotopic (exact) mass is 370 g/mol. The van der Waals surface area contributed by atoms with E-state index in [0.29, 0.717) is 52.4 Å². The van der Waals surface area contributed by atoms with Crippen LogP contribution in [0.25, 0.3) is 11.3 Å². The topological polar surface area (TPSA) is 73.6 Å². The second-order valence-electron chi connectivity index (χ2n) is 5.76. The lowest BCUT2D eigenvalue weighted by molar-refractivity contribution is 0.102. The third-order valence-electron chi connectivity index (χ3n) is 4.02. The lowest BCUT2D eigenvalue weighted by Crippen LogP contribution is -2.17. The smallest absolute Gasteiger partial charge is 0.261 e. The maximum Gasteiger partial charge on any atom is 0.261 e. The van der Waals surface area contributed by atoms with Gasteiger partial charge in [-0.25, -0.2) is 0 Å². The first-order chi connectivity index (χ1) is 12.6. The van der Waals surface area contributed by atoms with Gasteiger partial charge in [-0.05, 0) is 6.92 Å². The molecule has 0 unspecified atom stereocenters. The number of carbonyl (C=O) groups excluding carboxylic acids is 1. The van der Waals surface area contributed by atoms with E-state index in [-0.39, 0.29) is 5.91 Å². The van der Waals surface area contributed by atoms with E-state index in [1.54, 1.807) is 19.1 Å². The Balaban J connectivity index is 1.67. The molecule has 26 heavy (non-hydrogen) atoms. The summed E-state index contributed by atoms with van der Waals surface area (Å²) >= 11 is 6.27. The zero-order chi connectivity index (χ0) is 18.1. The van der Waals surface area contributed by atoms with Gasteiger partial charge < -0.3 is 19.3 Å². The maximum absolute atomic E-state index is 12.9. The molecule has 6 nitrogen and oxygen atoms in total. The number of nitrogens with one attached hydrogen (secondary N) is 1. The number of rotatable bonds is 3. The average Bonchev–Trinajstić information content (AvgIpc) is 3.04. The molecule has 4 rings (SSSR count). The Morgan fingerprint density at radius 1 is 1.12 bits per heavy atom. The Kier molecular flexibility index (Phi) is 4.26. The van der Waals surface area contributed by atoms with Gasteiger partial charge in [-0.1, -0.05) is 47.1 Å². The molecule has 0 bridgehead atoms. The summed E-state index contributed by atoms with van der Waals surface area (Å²) in [5.74, 6) is 1.17. The number of amides is 1. The maximum atomic E-state index is 12.9. The molecule has 0 radical (unpaired) electrons. The number of anilines is 1. The van der Waals surface area contributed by atoms with Crippen LogP contribution in [-0.4, -0.2) is 24.3 Å². The minimum atomic E-state index is -0.360. The normalized spacial score (nSPS) is 12.7. The summed E-state index contributed by atoms with van der Waals surface area (Å²) in [5, 5.41) is 7.19. The van der Waals surface area contributed by atoms with Crippen LogP contribution in [0.5, 0.6) is 11.5 Å². The van der Waals surface area contributed by atoms with E-state index in [2.05, 4.69) is 10.5 Å². The SMILES string of the molecule is Cc1onc(-c2ccccc2)c1C(=O)Nc1cc2c(cc1Cl)OCCO2. The van der Waals surface area contributed by atoms with Crippen molar-refractivity contribution in [3.05, 3.63) is 58.8 Å². The van der Waals surface area contributed by atoms with Gasteiger partial charge in [-0.3, -0.25) is 4.79 Å². The molecule has 7 heteroatoms. The van der Waals surface area contributed by atoms with Gasteiger partial charge in [0.05, 0.1) is 10.7 Å². The van der Waals surface area contributed by atoms with Crippen LogP contribution in [0.4, 0.5) is 5.69 Å². The molecule has 1 amide bonds. The van der Waals surface area contributed by atoms with Crippen LogP contribution >= 0.6 is 11.6 Å². The molecule has 0 spiro atoms. The fourth-order valence-corrected chi connectivity index (χ4v) is 2.98. The number of ether oxygens (including phenoxy) is 2. The first-order valence-electron chi connectivity index (χ1n) is 8.05. The van der Waals surface area contributed by atoms with Crippen molar-refractivity contribution in [2.75, 3.05) is 18.5 Å². The molecule has 2 heterocycles. The quantitative estimate of drug-likeness (QED) is 0.743. The van der Waals surface area contributed by atoms with E-state index in [1.807, 2.05) is 30.3 Å². The van der Waals surface area contributed by atoms with Gasteiger partial charge in [-0.15, -0.1) is 0 Å². The predicted octanol–water partition coefficient (Wildman–Crippen LogP) is 4.33. The molecular formula is C19H15ClN2O4. The highest BCUT2D eigenvalue weighted by Gasteiger charge is 2.23. The molecule has 0 aliphatic carbocycles. The van der Waals surface area contributed by atoms with Crippen LogP contribution in [0.2, 0.25) is 5.02 Å². The first-order valence-corrected chi connectivity index (χ1v) is 8.43. The number of carbonyl (C=O) groups is 1. The van der Waals surface area contributed by atoms with Gasteiger partial charge in [0, 0.05) is 17.7 Å². The highest BCUT2D eigenvalue weighted by molar-refractivity contribution is 6.34. The molecule has 2 aromatic carbocycles. The van der Waals surface area contributed by atoms with Gasteiger partial charge in [0.15, 0.2) is 11.5 Å². The molecule has 0 fully saturated rings. The number of halogens is 1. The summed E-state index contributed by atoms with van der Waals surface area (Å²) in [6.07, 6.45) is 0. The third kappa shape index (κ3) is 2.99. The van der Waals surface area contributed by atoms with Crippen LogP contribution < -0.4 is 14.8 Å². The van der Waals surface area contributed by atoms with Gasteiger partial charge in [-0.2, -0.15) is 0 Å². The second-order valence-corrected chi connectivity index (χ2v) is 6.17. The fourth-order valence-electron chi connectivity index (χ4n) is 2.78. The number of hydrogen-bond donors (Lipinski definition) is 1. The van der Waals surface area contributed by atoms with Crippen molar-refractivity contribution < 1.29 is 18.8 Å². The van der Waals surface area contributed by atoms with E-state index in [4.69, 9.17) is 25.6 Å². The molecule has 3 aromatic rings. The molecule has 132 valence electrons. The van der Waals surface area contributed by atoms with Gasteiger partial charge >= 0.3 is 0 Å². The standard InChI is InChI=1S/C19H15ClN2O4/c1-11-17(18(22-26-11)12-5-3-2-4-6-12)19(23)21-14-10-16-15(9-13(14)20)24-7-8-25-16/h2-6,9-10H,7-8H2,1H3,(H,21,23). The Labute approximate surface area is 154 Å². The van der Waals surface area contributed by atoms with E-state index in [0.717, 1.165) is 5.56 Å². The summed E-state index contributed by atoms with van der Waals surface area (Å²) in [7, 11) is 0. The Bertz CT molecular complexity index is 969. The van der Waals surface area contributed by atoms with Crippen LogP contribution in [0.3, 0.4) is 0 Å². The molecule has 0 saturated carbocycles. The van der Waals surface area contributed by atoms with Crippen LogP contribution in [0.15, 0.2) is 47.0 Å². The molecular weight excluding hydrogens is 356 g/mol. The van der Waals surface area contributed by atoms with Crippen molar-refractivity contribution in [2.24, 2.45) is 0 Å². The van der Waals surface area contributed by atoms with Crippen molar-refractivity contribution in [3.63, 3.8) is 0 Å². The number of aryl methyl sites for hydroxylation is 1. The molecule has 1 aliphatic rings. The lowest BCUT2D eigenvalue weighted by atomic mass is 10.1. The van der Waals surface area contributed by atoms with Crippen LogP contribution in [-0.2, 0) is 0 Å². The minimum absolute atomic E-state index is 0.359. The Morgan fingerprint density at radius 3 is 2.54 bits per heavy atom. The number of hydrogen-bond acceptors (Lipinski definition) is 5. The molecule has 1 N–H and O–H groups in total. The summed E-state index contributed by atoms with van der Waals surface area (Å²) < 4.78 is 16.3. The molecule has 1 aromatic heterocycles. The number of aromatic nitrogens is 1. The zero-order valence-corrected chi connectivity index (χ0v) is 14.7. The largest absolute Gasteiger partial charge is 0.486 e.